The first-order valence-corrected chi connectivity index (χ1v) is 10.0. The average molecular weight is 353 g/mol. The molecular weight excluding hydrogens is 330 g/mol. The molecule has 0 spiro atoms. The zero-order valence-corrected chi connectivity index (χ0v) is 14.8. The number of aryl methyl sites for hydroxylation is 1. The van der Waals surface area contributed by atoms with Gasteiger partial charge >= 0.3 is 0 Å². The fraction of sp³-hybridized carbons (Fsp3) is 0.625. The highest BCUT2D eigenvalue weighted by Crippen LogP contribution is 2.25. The van der Waals surface area contributed by atoms with Gasteiger partial charge in [0.2, 0.25) is 21.8 Å². The smallest absolute Gasteiger partial charge is 0.226 e. The third-order valence-corrected chi connectivity index (χ3v) is 5.89. The molecule has 0 bridgehead atoms. The van der Waals surface area contributed by atoms with E-state index in [4.69, 9.17) is 4.74 Å². The molecule has 0 aliphatic carbocycles. The van der Waals surface area contributed by atoms with E-state index >= 15 is 0 Å². The van der Waals surface area contributed by atoms with E-state index in [0.717, 1.165) is 5.69 Å². The van der Waals surface area contributed by atoms with E-state index < -0.39 is 10.0 Å². The molecule has 1 amide bonds. The van der Waals surface area contributed by atoms with Crippen molar-refractivity contribution in [3.8, 4) is 5.88 Å². The number of sulfonamides is 1. The molecule has 3 heterocycles. The van der Waals surface area contributed by atoms with Gasteiger partial charge in [0.15, 0.2) is 0 Å². The molecule has 24 heavy (non-hydrogen) atoms. The van der Waals surface area contributed by atoms with Crippen molar-refractivity contribution in [2.75, 3.05) is 32.4 Å². The van der Waals surface area contributed by atoms with Gasteiger partial charge in [-0.1, -0.05) is 6.07 Å². The van der Waals surface area contributed by atoms with Crippen molar-refractivity contribution in [2.24, 2.45) is 5.92 Å². The standard InChI is InChI=1S/C16H23N3O4S/c1-12-4-3-5-15(17-12)23-14-10-18(11-14)16(20)13-6-8-19(9-7-13)24(2,21)22/h3-5,13-14H,6-11H2,1-2H3. The minimum absolute atomic E-state index is 0.0145. The van der Waals surface area contributed by atoms with Crippen molar-refractivity contribution in [2.45, 2.75) is 25.9 Å². The molecule has 2 fully saturated rings. The number of pyridine rings is 1. The van der Waals surface area contributed by atoms with E-state index in [1.165, 1.54) is 10.6 Å². The number of piperidine rings is 1. The van der Waals surface area contributed by atoms with Crippen molar-refractivity contribution in [3.05, 3.63) is 23.9 Å². The number of rotatable bonds is 4. The fourth-order valence-corrected chi connectivity index (χ4v) is 4.01. The topological polar surface area (TPSA) is 79.8 Å². The third-order valence-electron chi connectivity index (χ3n) is 4.58. The monoisotopic (exact) mass is 353 g/mol. The van der Waals surface area contributed by atoms with Gasteiger partial charge in [0.05, 0.1) is 19.3 Å². The van der Waals surface area contributed by atoms with Gasteiger partial charge in [-0.25, -0.2) is 17.7 Å². The quantitative estimate of drug-likeness (QED) is 0.794. The number of carbonyl (C=O) groups excluding carboxylic acids is 1. The molecule has 1 aromatic rings. The van der Waals surface area contributed by atoms with Crippen molar-refractivity contribution in [1.29, 1.82) is 0 Å². The highest BCUT2D eigenvalue weighted by atomic mass is 32.2. The van der Waals surface area contributed by atoms with Gasteiger partial charge in [-0.05, 0) is 25.8 Å². The van der Waals surface area contributed by atoms with E-state index in [2.05, 4.69) is 4.98 Å². The molecule has 1 aromatic heterocycles. The molecule has 2 saturated heterocycles. The number of ether oxygens (including phenoxy) is 1. The summed E-state index contributed by atoms with van der Waals surface area (Å²) in [7, 11) is -3.15. The van der Waals surface area contributed by atoms with Gasteiger partial charge < -0.3 is 9.64 Å². The van der Waals surface area contributed by atoms with E-state index in [9.17, 15) is 13.2 Å². The van der Waals surface area contributed by atoms with Gasteiger partial charge in [0.25, 0.3) is 0 Å². The van der Waals surface area contributed by atoms with Crippen LogP contribution >= 0.6 is 0 Å². The molecule has 0 atom stereocenters. The number of hydrogen-bond donors (Lipinski definition) is 0. The lowest BCUT2D eigenvalue weighted by Gasteiger charge is -2.41. The van der Waals surface area contributed by atoms with Crippen LogP contribution in [0.5, 0.6) is 5.88 Å². The maximum atomic E-state index is 12.5. The summed E-state index contributed by atoms with van der Waals surface area (Å²) in [4.78, 5) is 18.6. The number of hydrogen-bond acceptors (Lipinski definition) is 5. The maximum Gasteiger partial charge on any atom is 0.226 e. The number of amides is 1. The minimum atomic E-state index is -3.15. The summed E-state index contributed by atoms with van der Waals surface area (Å²) in [6, 6.07) is 5.62. The van der Waals surface area contributed by atoms with Crippen LogP contribution in [-0.2, 0) is 14.8 Å². The fourth-order valence-electron chi connectivity index (χ4n) is 3.14. The lowest BCUT2D eigenvalue weighted by atomic mass is 9.95. The molecule has 2 aliphatic rings. The summed E-state index contributed by atoms with van der Waals surface area (Å²) in [5.74, 6) is 0.620. The zero-order chi connectivity index (χ0) is 17.3. The predicted octanol–water partition coefficient (Wildman–Crippen LogP) is 0.651. The summed E-state index contributed by atoms with van der Waals surface area (Å²) in [5, 5.41) is 0. The summed E-state index contributed by atoms with van der Waals surface area (Å²) in [5.41, 5.74) is 0.900. The molecule has 0 aromatic carbocycles. The Morgan fingerprint density at radius 2 is 1.92 bits per heavy atom. The van der Waals surface area contributed by atoms with Crippen LogP contribution in [0.1, 0.15) is 18.5 Å². The van der Waals surface area contributed by atoms with Crippen LogP contribution in [0.15, 0.2) is 18.2 Å². The van der Waals surface area contributed by atoms with E-state index in [1.54, 1.807) is 4.90 Å². The highest BCUT2D eigenvalue weighted by Gasteiger charge is 2.38. The molecule has 0 unspecified atom stereocenters. The number of likely N-dealkylation sites (tertiary alicyclic amines) is 1. The number of carbonyl (C=O) groups is 1. The zero-order valence-electron chi connectivity index (χ0n) is 14.0. The van der Waals surface area contributed by atoms with Crippen LogP contribution < -0.4 is 4.74 Å². The molecule has 132 valence electrons. The third kappa shape index (κ3) is 3.87. The second-order valence-corrected chi connectivity index (χ2v) is 8.52. The lowest BCUT2D eigenvalue weighted by Crippen LogP contribution is -2.58. The Bertz CT molecular complexity index is 708. The Balaban J connectivity index is 1.45. The van der Waals surface area contributed by atoms with Crippen LogP contribution in [0, 0.1) is 12.8 Å². The summed E-state index contributed by atoms with van der Waals surface area (Å²) in [6.45, 7) is 3.90. The molecule has 3 rings (SSSR count). The van der Waals surface area contributed by atoms with Crippen LogP contribution in [0.4, 0.5) is 0 Å². The van der Waals surface area contributed by atoms with Gasteiger partial charge in [-0.15, -0.1) is 0 Å². The molecule has 7 nitrogen and oxygen atoms in total. The summed E-state index contributed by atoms with van der Waals surface area (Å²) < 4.78 is 30.2. The predicted molar refractivity (Wildman–Crippen MR) is 89.1 cm³/mol. The van der Waals surface area contributed by atoms with Gasteiger partial charge in [0, 0.05) is 30.8 Å². The summed E-state index contributed by atoms with van der Waals surface area (Å²) >= 11 is 0. The van der Waals surface area contributed by atoms with Crippen molar-refractivity contribution in [3.63, 3.8) is 0 Å². The van der Waals surface area contributed by atoms with Gasteiger partial charge in [-0.2, -0.15) is 0 Å². The first-order valence-electron chi connectivity index (χ1n) is 8.17. The minimum Gasteiger partial charge on any atom is -0.471 e. The second kappa shape index (κ2) is 6.68. The van der Waals surface area contributed by atoms with Gasteiger partial charge in [-0.3, -0.25) is 4.79 Å². The summed E-state index contributed by atoms with van der Waals surface area (Å²) in [6.07, 6.45) is 2.38. The highest BCUT2D eigenvalue weighted by molar-refractivity contribution is 7.88. The van der Waals surface area contributed by atoms with Crippen molar-refractivity contribution >= 4 is 15.9 Å². The number of nitrogens with zero attached hydrogens (tertiary/aromatic N) is 3. The first-order chi connectivity index (χ1) is 11.3. The van der Waals surface area contributed by atoms with Crippen LogP contribution in [0.3, 0.4) is 0 Å². The number of aromatic nitrogens is 1. The SMILES string of the molecule is Cc1cccc(OC2CN(C(=O)C3CCN(S(C)(=O)=O)CC3)C2)n1. The van der Waals surface area contributed by atoms with E-state index in [0.29, 0.717) is 44.9 Å². The molecule has 0 radical (unpaired) electrons. The van der Waals surface area contributed by atoms with E-state index in [1.807, 2.05) is 25.1 Å². The largest absolute Gasteiger partial charge is 0.471 e. The molecule has 8 heteroatoms. The molecule has 0 N–H and O–H groups in total. The van der Waals surface area contributed by atoms with Crippen LogP contribution in [-0.4, -0.2) is 67.1 Å². The van der Waals surface area contributed by atoms with Crippen LogP contribution in [0.25, 0.3) is 0 Å². The van der Waals surface area contributed by atoms with Gasteiger partial charge in [0.1, 0.15) is 6.10 Å². The Hall–Kier alpha value is -1.67. The Morgan fingerprint density at radius 3 is 2.50 bits per heavy atom. The average Bonchev–Trinajstić information content (AvgIpc) is 2.49. The Morgan fingerprint density at radius 1 is 1.25 bits per heavy atom. The second-order valence-electron chi connectivity index (χ2n) is 6.54. The van der Waals surface area contributed by atoms with E-state index in [-0.39, 0.29) is 17.9 Å². The Labute approximate surface area is 142 Å². The first kappa shape index (κ1) is 17.2. The normalized spacial score (nSPS) is 20.7. The molecular formula is C16H23N3O4S. The van der Waals surface area contributed by atoms with Crippen LogP contribution in [0.2, 0.25) is 0 Å². The molecule has 0 saturated carbocycles. The van der Waals surface area contributed by atoms with Crippen molar-refractivity contribution < 1.29 is 17.9 Å². The van der Waals surface area contributed by atoms with Crippen molar-refractivity contribution in [1.82, 2.24) is 14.2 Å². The lowest BCUT2D eigenvalue weighted by molar-refractivity contribution is -0.145. The Kier molecular flexibility index (Phi) is 4.78. The maximum absolute atomic E-state index is 12.5. The molecule has 2 aliphatic heterocycles.